The van der Waals surface area contributed by atoms with Gasteiger partial charge in [-0.3, -0.25) is 4.79 Å². The number of rotatable bonds is 5. The number of para-hydroxylation sites is 3. The molecule has 1 amide bonds. The third-order valence-electron chi connectivity index (χ3n) is 3.81. The van der Waals surface area contributed by atoms with Crippen LogP contribution in [0.2, 0.25) is 5.15 Å². The van der Waals surface area contributed by atoms with Gasteiger partial charge in [-0.15, -0.1) is 0 Å². The molecule has 0 radical (unpaired) electrons. The number of halogens is 1. The van der Waals surface area contributed by atoms with Crippen molar-refractivity contribution in [1.82, 2.24) is 20.4 Å². The number of hydrazone groups is 1. The Morgan fingerprint density at radius 1 is 1.15 bits per heavy atom. The summed E-state index contributed by atoms with van der Waals surface area (Å²) in [6, 6.07) is 17.3. The Morgan fingerprint density at radius 3 is 2.78 bits per heavy atom. The normalized spacial score (nSPS) is 11.4. The summed E-state index contributed by atoms with van der Waals surface area (Å²) in [5.74, 6) is -0.0393. The lowest BCUT2D eigenvalue weighted by molar-refractivity contribution is -0.118. The number of carbonyl (C=O) groups is 1. The van der Waals surface area contributed by atoms with Gasteiger partial charge in [0, 0.05) is 10.9 Å². The first-order valence-electron chi connectivity index (χ1n) is 8.14. The second-order valence-electron chi connectivity index (χ2n) is 5.70. The maximum atomic E-state index is 12.0. The fourth-order valence-corrected chi connectivity index (χ4v) is 3.41. The Morgan fingerprint density at radius 2 is 1.93 bits per heavy atom. The molecule has 2 aromatic heterocycles. The van der Waals surface area contributed by atoms with Crippen LogP contribution in [0, 0.1) is 0 Å². The molecule has 0 aliphatic rings. The Bertz CT molecular complexity index is 1120. The number of nitrogens with one attached hydrogen (secondary N) is 2. The van der Waals surface area contributed by atoms with E-state index in [2.05, 4.69) is 25.5 Å². The van der Waals surface area contributed by atoms with E-state index in [9.17, 15) is 4.79 Å². The van der Waals surface area contributed by atoms with Gasteiger partial charge in [0.1, 0.15) is 5.15 Å². The van der Waals surface area contributed by atoms with Gasteiger partial charge in [0.15, 0.2) is 5.16 Å². The van der Waals surface area contributed by atoms with Crippen molar-refractivity contribution < 1.29 is 4.79 Å². The maximum Gasteiger partial charge on any atom is 0.250 e. The fraction of sp³-hybridized carbons (Fsp3) is 0.0526. The Balaban J connectivity index is 1.36. The molecule has 0 saturated carbocycles. The first-order valence-corrected chi connectivity index (χ1v) is 9.50. The number of fused-ring (bicyclic) bond motifs is 2. The van der Waals surface area contributed by atoms with E-state index in [0.29, 0.717) is 15.9 Å². The molecule has 0 aliphatic heterocycles. The van der Waals surface area contributed by atoms with E-state index in [0.717, 1.165) is 21.9 Å². The zero-order valence-corrected chi connectivity index (χ0v) is 15.6. The van der Waals surface area contributed by atoms with Crippen LogP contribution >= 0.6 is 23.4 Å². The van der Waals surface area contributed by atoms with Crippen LogP contribution in [0.25, 0.3) is 21.9 Å². The molecule has 134 valence electrons. The van der Waals surface area contributed by atoms with Gasteiger partial charge < -0.3 is 4.98 Å². The second kappa shape index (κ2) is 7.77. The lowest BCUT2D eigenvalue weighted by Gasteiger charge is -2.02. The lowest BCUT2D eigenvalue weighted by Crippen LogP contribution is -2.19. The van der Waals surface area contributed by atoms with Crippen LogP contribution in [0.4, 0.5) is 0 Å². The summed E-state index contributed by atoms with van der Waals surface area (Å²) in [6.07, 6.45) is 1.49. The molecule has 0 atom stereocenters. The summed E-state index contributed by atoms with van der Waals surface area (Å²) < 4.78 is 0. The molecule has 2 N–H and O–H groups in total. The van der Waals surface area contributed by atoms with Crippen LogP contribution in [0.1, 0.15) is 5.56 Å². The van der Waals surface area contributed by atoms with Crippen molar-refractivity contribution in [3.63, 3.8) is 0 Å². The molecule has 0 saturated heterocycles. The molecule has 27 heavy (non-hydrogen) atoms. The SMILES string of the molecule is O=C(CSc1nc2ccccc2[nH]1)N/N=C/c1cc2ccccc2nc1Cl. The quantitative estimate of drug-likeness (QED) is 0.231. The molecule has 0 fully saturated rings. The fourth-order valence-electron chi connectivity index (χ4n) is 2.54. The minimum Gasteiger partial charge on any atom is -0.333 e. The van der Waals surface area contributed by atoms with E-state index in [1.807, 2.05) is 54.6 Å². The third kappa shape index (κ3) is 4.10. The summed E-state index contributed by atoms with van der Waals surface area (Å²) in [4.78, 5) is 23.9. The number of imidazole rings is 1. The number of aromatic nitrogens is 3. The average Bonchev–Trinajstić information content (AvgIpc) is 3.10. The van der Waals surface area contributed by atoms with E-state index < -0.39 is 0 Å². The van der Waals surface area contributed by atoms with Gasteiger partial charge in [-0.2, -0.15) is 5.10 Å². The zero-order valence-electron chi connectivity index (χ0n) is 14.0. The highest BCUT2D eigenvalue weighted by Gasteiger charge is 2.07. The molecule has 0 bridgehead atoms. The third-order valence-corrected chi connectivity index (χ3v) is 4.98. The second-order valence-corrected chi connectivity index (χ2v) is 7.02. The zero-order chi connectivity index (χ0) is 18.6. The van der Waals surface area contributed by atoms with Gasteiger partial charge in [0.25, 0.3) is 5.91 Å². The Hall–Kier alpha value is -2.90. The van der Waals surface area contributed by atoms with Crippen molar-refractivity contribution in [3.05, 3.63) is 65.3 Å². The molecule has 8 heteroatoms. The molecule has 6 nitrogen and oxygen atoms in total. The van der Waals surface area contributed by atoms with E-state index in [4.69, 9.17) is 11.6 Å². The minimum absolute atomic E-state index is 0.195. The summed E-state index contributed by atoms with van der Waals surface area (Å²) >= 11 is 7.48. The van der Waals surface area contributed by atoms with Crippen molar-refractivity contribution in [1.29, 1.82) is 0 Å². The highest BCUT2D eigenvalue weighted by Crippen LogP contribution is 2.20. The standard InChI is InChI=1S/C19H14ClN5OS/c20-18-13(9-12-5-1-2-6-14(12)22-18)10-21-25-17(26)11-27-19-23-15-7-3-4-8-16(15)24-19/h1-10H,11H2,(H,23,24)(H,25,26)/b21-10+. The molecule has 2 aromatic carbocycles. The van der Waals surface area contributed by atoms with Gasteiger partial charge in [-0.05, 0) is 24.3 Å². The summed E-state index contributed by atoms with van der Waals surface area (Å²) in [7, 11) is 0. The smallest absolute Gasteiger partial charge is 0.250 e. The van der Waals surface area contributed by atoms with Crippen molar-refractivity contribution >= 4 is 57.4 Å². The number of hydrogen-bond acceptors (Lipinski definition) is 5. The van der Waals surface area contributed by atoms with Gasteiger partial charge >= 0.3 is 0 Å². The molecule has 0 spiro atoms. The Labute approximate surface area is 164 Å². The van der Waals surface area contributed by atoms with E-state index in [1.165, 1.54) is 18.0 Å². The average molecular weight is 396 g/mol. The van der Waals surface area contributed by atoms with Gasteiger partial charge in [0.05, 0.1) is 28.5 Å². The summed E-state index contributed by atoms with van der Waals surface area (Å²) in [6.45, 7) is 0. The van der Waals surface area contributed by atoms with E-state index in [1.54, 1.807) is 0 Å². The predicted molar refractivity (Wildman–Crippen MR) is 109 cm³/mol. The number of carbonyl (C=O) groups excluding carboxylic acids is 1. The highest BCUT2D eigenvalue weighted by molar-refractivity contribution is 7.99. The monoisotopic (exact) mass is 395 g/mol. The summed E-state index contributed by atoms with van der Waals surface area (Å²) in [5, 5.41) is 5.95. The number of benzene rings is 2. The van der Waals surface area contributed by atoms with Crippen LogP contribution < -0.4 is 5.43 Å². The Kier molecular flexibility index (Phi) is 5.04. The van der Waals surface area contributed by atoms with Gasteiger partial charge in [-0.25, -0.2) is 15.4 Å². The van der Waals surface area contributed by atoms with E-state index >= 15 is 0 Å². The molecule has 0 unspecified atom stereocenters. The number of amides is 1. The van der Waals surface area contributed by atoms with Crippen molar-refractivity contribution in [2.75, 3.05) is 5.75 Å². The van der Waals surface area contributed by atoms with Crippen LogP contribution in [0.15, 0.2) is 64.9 Å². The van der Waals surface area contributed by atoms with Gasteiger partial charge in [0.2, 0.25) is 0 Å². The number of H-pyrrole nitrogens is 1. The molecular weight excluding hydrogens is 382 g/mol. The highest BCUT2D eigenvalue weighted by atomic mass is 35.5. The number of hydrogen-bond donors (Lipinski definition) is 2. The largest absolute Gasteiger partial charge is 0.333 e. The predicted octanol–water partition coefficient (Wildman–Crippen LogP) is 4.01. The number of pyridine rings is 1. The van der Waals surface area contributed by atoms with Crippen molar-refractivity contribution in [2.24, 2.45) is 5.10 Å². The summed E-state index contributed by atoms with van der Waals surface area (Å²) in [5.41, 5.74) is 5.76. The van der Waals surface area contributed by atoms with Crippen LogP contribution in [0.5, 0.6) is 0 Å². The molecule has 0 aliphatic carbocycles. The van der Waals surface area contributed by atoms with Crippen molar-refractivity contribution in [3.8, 4) is 0 Å². The molecule has 4 aromatic rings. The topological polar surface area (TPSA) is 83.0 Å². The minimum atomic E-state index is -0.235. The van der Waals surface area contributed by atoms with Crippen LogP contribution in [-0.4, -0.2) is 32.8 Å². The van der Waals surface area contributed by atoms with Crippen LogP contribution in [0.3, 0.4) is 0 Å². The first-order chi connectivity index (χ1) is 13.2. The maximum absolute atomic E-state index is 12.0. The van der Waals surface area contributed by atoms with E-state index in [-0.39, 0.29) is 11.7 Å². The van der Waals surface area contributed by atoms with Crippen molar-refractivity contribution in [2.45, 2.75) is 5.16 Å². The molecular formula is C19H14ClN5OS. The van der Waals surface area contributed by atoms with Gasteiger partial charge in [-0.1, -0.05) is 53.7 Å². The number of thioether (sulfide) groups is 1. The number of aromatic amines is 1. The molecule has 4 rings (SSSR count). The molecule has 2 heterocycles. The number of nitrogens with zero attached hydrogens (tertiary/aromatic N) is 3. The lowest BCUT2D eigenvalue weighted by atomic mass is 10.2. The van der Waals surface area contributed by atoms with Crippen LogP contribution in [-0.2, 0) is 4.79 Å². The first kappa shape index (κ1) is 17.5.